The van der Waals surface area contributed by atoms with Crippen LogP contribution >= 0.6 is 39.9 Å². The van der Waals surface area contributed by atoms with E-state index in [1.165, 1.54) is 0 Å². The smallest absolute Gasteiger partial charge is 0.224 e. The Labute approximate surface area is 150 Å². The Morgan fingerprint density at radius 2 is 2.32 bits per heavy atom. The van der Waals surface area contributed by atoms with Gasteiger partial charge in [-0.05, 0) is 66.8 Å². The number of rotatable bonds is 6. The Hall–Kier alpha value is -0.490. The number of hydrogen-bond donors (Lipinski definition) is 2. The van der Waals surface area contributed by atoms with Crippen LogP contribution in [0.5, 0.6) is 5.75 Å². The van der Waals surface area contributed by atoms with Crippen molar-refractivity contribution in [2.45, 2.75) is 26.2 Å². The highest BCUT2D eigenvalue weighted by molar-refractivity contribution is 9.10. The molecule has 1 amide bonds. The fraction of sp³-hybridized carbons (Fsp3) is 0.533. The normalized spacial score (nSPS) is 17.0. The lowest BCUT2D eigenvalue weighted by molar-refractivity contribution is -0.116. The third-order valence-electron chi connectivity index (χ3n) is 3.51. The molecular weight excluding hydrogens is 391 g/mol. The van der Waals surface area contributed by atoms with Crippen molar-refractivity contribution < 1.29 is 9.53 Å². The monoisotopic (exact) mass is 410 g/mol. The zero-order valence-corrected chi connectivity index (χ0v) is 15.6. The molecule has 0 aliphatic carbocycles. The molecule has 2 N–H and O–H groups in total. The molecule has 0 radical (unpaired) electrons. The predicted octanol–water partition coefficient (Wildman–Crippen LogP) is 4.25. The summed E-state index contributed by atoms with van der Waals surface area (Å²) in [4.78, 5) is 12.1. The highest BCUT2D eigenvalue weighted by Gasteiger charge is 2.17. The highest BCUT2D eigenvalue weighted by Crippen LogP contribution is 2.36. The molecule has 124 valence electrons. The van der Waals surface area contributed by atoms with Gasteiger partial charge in [0.15, 0.2) is 5.75 Å². The van der Waals surface area contributed by atoms with Crippen molar-refractivity contribution in [1.29, 1.82) is 0 Å². The summed E-state index contributed by atoms with van der Waals surface area (Å²) in [5, 5.41) is 6.77. The molecule has 2 rings (SSSR count). The molecule has 0 saturated carbocycles. The van der Waals surface area contributed by atoms with Crippen molar-refractivity contribution in [2.24, 2.45) is 5.92 Å². The second-order valence-electron chi connectivity index (χ2n) is 5.14. The Morgan fingerprint density at radius 1 is 1.55 bits per heavy atom. The van der Waals surface area contributed by atoms with Crippen LogP contribution in [0.4, 0.5) is 5.69 Å². The van der Waals surface area contributed by atoms with Crippen molar-refractivity contribution in [3.63, 3.8) is 0 Å². The molecule has 1 fully saturated rings. The van der Waals surface area contributed by atoms with Gasteiger partial charge < -0.3 is 15.4 Å². The lowest BCUT2D eigenvalue weighted by Crippen LogP contribution is -2.15. The first-order chi connectivity index (χ1) is 10.1. The van der Waals surface area contributed by atoms with E-state index in [4.69, 9.17) is 16.3 Å². The number of amides is 1. The van der Waals surface area contributed by atoms with Crippen LogP contribution in [-0.2, 0) is 4.79 Å². The minimum Gasteiger partial charge on any atom is -0.491 e. The van der Waals surface area contributed by atoms with E-state index >= 15 is 0 Å². The van der Waals surface area contributed by atoms with Crippen LogP contribution in [0.2, 0.25) is 5.02 Å². The van der Waals surface area contributed by atoms with Crippen LogP contribution in [-0.4, -0.2) is 25.6 Å². The Balaban J connectivity index is 0.00000242. The number of carbonyl (C=O) groups excluding carboxylic acids is 1. The lowest BCUT2D eigenvalue weighted by atomic mass is 10.0. The predicted molar refractivity (Wildman–Crippen MR) is 96.4 cm³/mol. The van der Waals surface area contributed by atoms with E-state index in [9.17, 15) is 4.79 Å². The van der Waals surface area contributed by atoms with Gasteiger partial charge in [-0.15, -0.1) is 12.4 Å². The second-order valence-corrected chi connectivity index (χ2v) is 6.43. The van der Waals surface area contributed by atoms with Gasteiger partial charge in [0.2, 0.25) is 5.91 Å². The summed E-state index contributed by atoms with van der Waals surface area (Å²) >= 11 is 9.45. The number of ether oxygens (including phenoxy) is 1. The second kappa shape index (κ2) is 9.60. The van der Waals surface area contributed by atoms with Crippen LogP contribution in [0.15, 0.2) is 16.6 Å². The number of nitrogens with one attached hydrogen (secondary N) is 2. The molecule has 1 saturated heterocycles. The maximum absolute atomic E-state index is 12.1. The fourth-order valence-electron chi connectivity index (χ4n) is 2.45. The summed E-state index contributed by atoms with van der Waals surface area (Å²) in [6.07, 6.45) is 2.58. The quantitative estimate of drug-likeness (QED) is 0.735. The first-order valence-corrected chi connectivity index (χ1v) is 8.39. The van der Waals surface area contributed by atoms with Crippen LogP contribution < -0.4 is 15.4 Å². The number of anilines is 1. The van der Waals surface area contributed by atoms with Crippen molar-refractivity contribution in [3.05, 3.63) is 21.6 Å². The molecule has 1 unspecified atom stereocenters. The maximum Gasteiger partial charge on any atom is 0.224 e. The summed E-state index contributed by atoms with van der Waals surface area (Å²) in [6, 6.07) is 3.47. The van der Waals surface area contributed by atoms with Crippen LogP contribution in [0.25, 0.3) is 0 Å². The highest BCUT2D eigenvalue weighted by atomic mass is 79.9. The molecule has 0 spiro atoms. The van der Waals surface area contributed by atoms with E-state index in [0.29, 0.717) is 35.4 Å². The lowest BCUT2D eigenvalue weighted by Gasteiger charge is -2.14. The van der Waals surface area contributed by atoms with Crippen LogP contribution in [0, 0.1) is 5.92 Å². The first kappa shape index (κ1) is 19.6. The van der Waals surface area contributed by atoms with Crippen molar-refractivity contribution in [2.75, 3.05) is 25.0 Å². The van der Waals surface area contributed by atoms with E-state index in [-0.39, 0.29) is 18.3 Å². The van der Waals surface area contributed by atoms with Gasteiger partial charge in [0, 0.05) is 11.4 Å². The molecular formula is C15H21BrCl2N2O2. The van der Waals surface area contributed by atoms with E-state index in [0.717, 1.165) is 30.4 Å². The molecule has 0 bridgehead atoms. The molecule has 1 atom stereocenters. The summed E-state index contributed by atoms with van der Waals surface area (Å²) < 4.78 is 6.31. The van der Waals surface area contributed by atoms with Crippen LogP contribution in [0.1, 0.15) is 26.2 Å². The van der Waals surface area contributed by atoms with Crippen LogP contribution in [0.3, 0.4) is 0 Å². The first-order valence-electron chi connectivity index (χ1n) is 7.22. The molecule has 1 aromatic carbocycles. The van der Waals surface area contributed by atoms with Gasteiger partial charge in [-0.25, -0.2) is 0 Å². The van der Waals surface area contributed by atoms with Gasteiger partial charge in [-0.2, -0.15) is 0 Å². The van der Waals surface area contributed by atoms with Gasteiger partial charge in [0.1, 0.15) is 0 Å². The standard InChI is InChI=1S/C15H20BrClN2O2.ClH/c1-2-21-15-12(16)7-11(17)8-13(15)19-14(20)4-3-10-5-6-18-9-10;/h7-8,10,18H,2-6,9H2,1H3,(H,19,20);1H. The van der Waals surface area contributed by atoms with E-state index in [1.807, 2.05) is 6.92 Å². The molecule has 1 aliphatic rings. The Morgan fingerprint density at radius 3 is 2.95 bits per heavy atom. The molecule has 0 aromatic heterocycles. The van der Waals surface area contributed by atoms with Gasteiger partial charge in [-0.3, -0.25) is 4.79 Å². The maximum atomic E-state index is 12.1. The SMILES string of the molecule is CCOc1c(Br)cc(Cl)cc1NC(=O)CCC1CCNC1.Cl. The third kappa shape index (κ3) is 5.61. The summed E-state index contributed by atoms with van der Waals surface area (Å²) in [6.45, 7) is 4.50. The molecule has 1 aliphatic heterocycles. The Bertz CT molecular complexity index is 509. The largest absolute Gasteiger partial charge is 0.491 e. The molecule has 7 heteroatoms. The topological polar surface area (TPSA) is 50.4 Å². The van der Waals surface area contributed by atoms with Crippen molar-refractivity contribution in [3.8, 4) is 5.75 Å². The average Bonchev–Trinajstić information content (AvgIpc) is 2.93. The van der Waals surface area contributed by atoms with E-state index in [1.54, 1.807) is 12.1 Å². The number of halogens is 3. The fourth-order valence-corrected chi connectivity index (χ4v) is 3.38. The zero-order chi connectivity index (χ0) is 15.2. The average molecular weight is 412 g/mol. The summed E-state index contributed by atoms with van der Waals surface area (Å²) in [7, 11) is 0. The van der Waals surface area contributed by atoms with Crippen molar-refractivity contribution >= 4 is 51.5 Å². The molecule has 1 aromatic rings. The Kier molecular flexibility index (Phi) is 8.54. The minimum absolute atomic E-state index is 0. The third-order valence-corrected chi connectivity index (χ3v) is 4.32. The summed E-state index contributed by atoms with van der Waals surface area (Å²) in [5.41, 5.74) is 0.616. The number of hydrogen-bond acceptors (Lipinski definition) is 3. The number of carbonyl (C=O) groups is 1. The number of benzene rings is 1. The molecule has 1 heterocycles. The van der Waals surface area contributed by atoms with Gasteiger partial charge in [-0.1, -0.05) is 11.6 Å². The van der Waals surface area contributed by atoms with E-state index in [2.05, 4.69) is 26.6 Å². The van der Waals surface area contributed by atoms with Gasteiger partial charge in [0.25, 0.3) is 0 Å². The molecule has 4 nitrogen and oxygen atoms in total. The molecule has 22 heavy (non-hydrogen) atoms. The van der Waals surface area contributed by atoms with E-state index < -0.39 is 0 Å². The van der Waals surface area contributed by atoms with Gasteiger partial charge >= 0.3 is 0 Å². The summed E-state index contributed by atoms with van der Waals surface area (Å²) in [5.74, 6) is 1.23. The van der Waals surface area contributed by atoms with Crippen molar-refractivity contribution in [1.82, 2.24) is 5.32 Å². The van der Waals surface area contributed by atoms with Gasteiger partial charge in [0.05, 0.1) is 16.8 Å². The zero-order valence-electron chi connectivity index (χ0n) is 12.5. The minimum atomic E-state index is -0.00276.